The van der Waals surface area contributed by atoms with Crippen molar-refractivity contribution in [1.29, 1.82) is 0 Å². The number of hydrogen-bond donors (Lipinski definition) is 0. The Bertz CT molecular complexity index is 861. The first kappa shape index (κ1) is 18.4. The molecule has 6 nitrogen and oxygen atoms in total. The quantitative estimate of drug-likeness (QED) is 0.583. The third-order valence-corrected chi connectivity index (χ3v) is 5.05. The molecule has 2 rings (SSSR count). The van der Waals surface area contributed by atoms with E-state index in [1.807, 2.05) is 6.07 Å². The zero-order chi connectivity index (χ0) is 18.3. The van der Waals surface area contributed by atoms with Gasteiger partial charge in [-0.3, -0.25) is 9.59 Å². The Kier molecular flexibility index (Phi) is 6.08. The second-order valence-electron chi connectivity index (χ2n) is 4.98. The maximum Gasteiger partial charge on any atom is 0.326 e. The Morgan fingerprint density at radius 3 is 2.12 bits per heavy atom. The average molecular weight is 359 g/mol. The molecule has 0 atom stereocenters. The number of esters is 1. The van der Waals surface area contributed by atoms with Gasteiger partial charge < -0.3 is 4.74 Å². The largest absolute Gasteiger partial charge is 0.468 e. The molecule has 0 spiro atoms. The van der Waals surface area contributed by atoms with Crippen molar-refractivity contribution in [3.63, 3.8) is 0 Å². The van der Waals surface area contributed by atoms with E-state index in [9.17, 15) is 18.0 Å². The summed E-state index contributed by atoms with van der Waals surface area (Å²) < 4.78 is 30.4. The van der Waals surface area contributed by atoms with Crippen molar-refractivity contribution in [2.75, 3.05) is 13.7 Å². The molecule has 0 aliphatic rings. The molecule has 7 heteroatoms. The molecule has 2 aromatic rings. The molecule has 2 aromatic carbocycles. The summed E-state index contributed by atoms with van der Waals surface area (Å²) in [4.78, 5) is 23.9. The van der Waals surface area contributed by atoms with Gasteiger partial charge in [-0.2, -0.15) is 0 Å². The molecule has 0 N–H and O–H groups in total. The molecule has 0 saturated carbocycles. The third kappa shape index (κ3) is 4.77. The van der Waals surface area contributed by atoms with Crippen LogP contribution in [0.15, 0.2) is 71.6 Å². The molecule has 0 radical (unpaired) electrons. The van der Waals surface area contributed by atoms with Crippen molar-refractivity contribution in [3.05, 3.63) is 72.3 Å². The number of amides is 1. The van der Waals surface area contributed by atoms with Gasteiger partial charge >= 0.3 is 5.97 Å². The Labute approximate surface area is 146 Å². The summed E-state index contributed by atoms with van der Waals surface area (Å²) >= 11 is 0. The normalized spacial score (nSPS) is 11.2. The van der Waals surface area contributed by atoms with Crippen LogP contribution in [0.5, 0.6) is 0 Å². The van der Waals surface area contributed by atoms with Crippen molar-refractivity contribution in [3.8, 4) is 0 Å². The second-order valence-corrected chi connectivity index (χ2v) is 6.85. The zero-order valence-corrected chi connectivity index (χ0v) is 14.3. The smallest absolute Gasteiger partial charge is 0.326 e. The maximum absolute atomic E-state index is 12.7. The lowest BCUT2D eigenvalue weighted by Crippen LogP contribution is -2.40. The fourth-order valence-corrected chi connectivity index (χ4v) is 3.33. The summed E-state index contributed by atoms with van der Waals surface area (Å²) in [6.07, 6.45) is 2.59. The van der Waals surface area contributed by atoms with Gasteiger partial charge in [0.2, 0.25) is 0 Å². The fraction of sp³-hybridized carbons (Fsp3) is 0.111. The number of carbonyl (C=O) groups is 2. The van der Waals surface area contributed by atoms with E-state index in [2.05, 4.69) is 4.74 Å². The van der Waals surface area contributed by atoms with E-state index in [0.29, 0.717) is 4.31 Å². The minimum Gasteiger partial charge on any atom is -0.468 e. The lowest BCUT2D eigenvalue weighted by Gasteiger charge is -2.20. The topological polar surface area (TPSA) is 80.8 Å². The molecule has 0 saturated heterocycles. The minimum atomic E-state index is -4.18. The molecule has 0 unspecified atom stereocenters. The molecule has 0 fully saturated rings. The van der Waals surface area contributed by atoms with Gasteiger partial charge in [0.1, 0.15) is 6.54 Å². The minimum absolute atomic E-state index is 0.0830. The van der Waals surface area contributed by atoms with Crippen molar-refractivity contribution < 1.29 is 22.7 Å². The van der Waals surface area contributed by atoms with Gasteiger partial charge in [-0.05, 0) is 23.8 Å². The van der Waals surface area contributed by atoms with E-state index in [0.717, 1.165) is 18.7 Å². The first-order valence-corrected chi connectivity index (χ1v) is 8.81. The first-order valence-electron chi connectivity index (χ1n) is 7.37. The van der Waals surface area contributed by atoms with Crippen molar-refractivity contribution in [2.45, 2.75) is 4.90 Å². The van der Waals surface area contributed by atoms with Crippen LogP contribution < -0.4 is 0 Å². The number of hydrogen-bond acceptors (Lipinski definition) is 5. The van der Waals surface area contributed by atoms with Crippen LogP contribution in [0.25, 0.3) is 6.08 Å². The Morgan fingerprint density at radius 2 is 1.56 bits per heavy atom. The average Bonchev–Trinajstić information content (AvgIpc) is 2.65. The Balaban J connectivity index is 2.34. The number of rotatable bonds is 6. The lowest BCUT2D eigenvalue weighted by molar-refractivity contribution is -0.143. The summed E-state index contributed by atoms with van der Waals surface area (Å²) in [5.41, 5.74) is 0.728. The molecule has 0 aliphatic carbocycles. The van der Waals surface area contributed by atoms with Gasteiger partial charge in [-0.25, -0.2) is 12.7 Å². The van der Waals surface area contributed by atoms with Crippen molar-refractivity contribution >= 4 is 28.0 Å². The maximum atomic E-state index is 12.7. The molecule has 0 bridgehead atoms. The Morgan fingerprint density at radius 1 is 1.00 bits per heavy atom. The number of ether oxygens (including phenoxy) is 1. The van der Waals surface area contributed by atoms with Gasteiger partial charge in [0, 0.05) is 6.08 Å². The molecule has 0 aliphatic heterocycles. The SMILES string of the molecule is COC(=O)CN(C(=O)/C=C/c1ccccc1)S(=O)(=O)c1ccccc1. The molecule has 130 valence electrons. The van der Waals surface area contributed by atoms with Gasteiger partial charge in [0.05, 0.1) is 12.0 Å². The van der Waals surface area contributed by atoms with Crippen LogP contribution in [0, 0.1) is 0 Å². The van der Waals surface area contributed by atoms with Gasteiger partial charge in [-0.1, -0.05) is 48.5 Å². The highest BCUT2D eigenvalue weighted by molar-refractivity contribution is 7.89. The molecular weight excluding hydrogens is 342 g/mol. The van der Waals surface area contributed by atoms with Crippen LogP contribution >= 0.6 is 0 Å². The van der Waals surface area contributed by atoms with E-state index >= 15 is 0 Å². The van der Waals surface area contributed by atoms with Crippen LogP contribution in [0.1, 0.15) is 5.56 Å². The van der Waals surface area contributed by atoms with Crippen LogP contribution in [0.4, 0.5) is 0 Å². The lowest BCUT2D eigenvalue weighted by atomic mass is 10.2. The standard InChI is InChI=1S/C18H17NO5S/c1-24-18(21)14-19(25(22,23)16-10-6-3-7-11-16)17(20)13-12-15-8-4-2-5-9-15/h2-13H,14H2,1H3/b13-12+. The van der Waals surface area contributed by atoms with E-state index in [1.54, 1.807) is 30.3 Å². The van der Waals surface area contributed by atoms with E-state index in [-0.39, 0.29) is 4.90 Å². The van der Waals surface area contributed by atoms with Crippen molar-refractivity contribution in [1.82, 2.24) is 4.31 Å². The van der Waals surface area contributed by atoms with Gasteiger partial charge in [0.25, 0.3) is 15.9 Å². The highest BCUT2D eigenvalue weighted by Crippen LogP contribution is 2.16. The number of nitrogens with zero attached hydrogens (tertiary/aromatic N) is 1. The molecular formula is C18H17NO5S. The highest BCUT2D eigenvalue weighted by Gasteiger charge is 2.30. The highest BCUT2D eigenvalue weighted by atomic mass is 32.2. The van der Waals surface area contributed by atoms with Crippen LogP contribution in [0.2, 0.25) is 0 Å². The predicted molar refractivity (Wildman–Crippen MR) is 92.8 cm³/mol. The fourth-order valence-electron chi connectivity index (χ4n) is 2.00. The zero-order valence-electron chi connectivity index (χ0n) is 13.5. The first-order chi connectivity index (χ1) is 11.9. The van der Waals surface area contributed by atoms with Gasteiger partial charge in [0.15, 0.2) is 0 Å². The monoisotopic (exact) mass is 359 g/mol. The predicted octanol–water partition coefficient (Wildman–Crippen LogP) is 2.09. The van der Waals surface area contributed by atoms with Crippen LogP contribution in [-0.4, -0.2) is 38.3 Å². The summed E-state index contributed by atoms with van der Waals surface area (Å²) in [5.74, 6) is -1.67. The second kappa shape index (κ2) is 8.25. The van der Waals surface area contributed by atoms with E-state index in [1.165, 1.54) is 30.3 Å². The molecule has 0 aromatic heterocycles. The van der Waals surface area contributed by atoms with E-state index < -0.39 is 28.4 Å². The summed E-state index contributed by atoms with van der Waals surface area (Å²) in [5, 5.41) is 0. The summed E-state index contributed by atoms with van der Waals surface area (Å²) in [6, 6.07) is 16.4. The molecule has 25 heavy (non-hydrogen) atoms. The van der Waals surface area contributed by atoms with Crippen molar-refractivity contribution in [2.24, 2.45) is 0 Å². The summed E-state index contributed by atoms with van der Waals surface area (Å²) in [6.45, 7) is -0.703. The number of benzene rings is 2. The van der Waals surface area contributed by atoms with Crippen LogP contribution in [0.3, 0.4) is 0 Å². The summed E-state index contributed by atoms with van der Waals surface area (Å²) in [7, 11) is -3.05. The third-order valence-electron chi connectivity index (χ3n) is 3.30. The van der Waals surface area contributed by atoms with Gasteiger partial charge in [-0.15, -0.1) is 0 Å². The number of methoxy groups -OCH3 is 1. The number of sulfonamides is 1. The molecule has 0 heterocycles. The Hall–Kier alpha value is -2.93. The van der Waals surface area contributed by atoms with Crippen LogP contribution in [-0.2, 0) is 24.3 Å². The molecule has 1 amide bonds. The van der Waals surface area contributed by atoms with E-state index in [4.69, 9.17) is 0 Å². The number of carbonyl (C=O) groups excluding carboxylic acids is 2.